The Hall–Kier alpha value is -1.08. The first kappa shape index (κ1) is 16.0. The lowest BCUT2D eigenvalue weighted by Crippen LogP contribution is -2.44. The van der Waals surface area contributed by atoms with Crippen molar-refractivity contribution in [3.05, 3.63) is 28.2 Å². The number of hydrogen-bond donors (Lipinski definition) is 4. The van der Waals surface area contributed by atoms with Crippen molar-refractivity contribution in [2.75, 3.05) is 5.32 Å². The fourth-order valence-corrected chi connectivity index (χ4v) is 1.65. The number of hydrogen-bond acceptors (Lipinski definition) is 3. The number of rotatable bonds is 3. The van der Waals surface area contributed by atoms with E-state index in [1.54, 1.807) is 18.2 Å². The molecule has 19 heavy (non-hydrogen) atoms. The van der Waals surface area contributed by atoms with Gasteiger partial charge in [0.2, 0.25) is 5.91 Å². The molecule has 0 fully saturated rings. The highest BCUT2D eigenvalue weighted by Crippen LogP contribution is 2.24. The Labute approximate surface area is 126 Å². The molecule has 5 nitrogen and oxygen atoms in total. The third kappa shape index (κ3) is 6.07. The van der Waals surface area contributed by atoms with Crippen LogP contribution in [0.1, 0.15) is 13.3 Å². The fraction of sp³-hybridized carbons (Fsp3) is 0.273. The standard InChI is InChI=1S/C11H13Cl2N3O2S/c1-6(17)4-10(18)15-16-11(19)14-7-2-3-8(12)9(13)5-7/h2-3,5-6,17H,4H2,1H3,(H,15,18)(H2,14,16,19). The molecule has 104 valence electrons. The Morgan fingerprint density at radius 2 is 2.05 bits per heavy atom. The molecule has 1 aromatic rings. The summed E-state index contributed by atoms with van der Waals surface area (Å²) in [5.41, 5.74) is 5.49. The van der Waals surface area contributed by atoms with Crippen LogP contribution in [0.3, 0.4) is 0 Å². The van der Waals surface area contributed by atoms with Gasteiger partial charge >= 0.3 is 0 Å². The highest BCUT2D eigenvalue weighted by molar-refractivity contribution is 7.80. The van der Waals surface area contributed by atoms with Crippen LogP contribution in [0.2, 0.25) is 10.0 Å². The summed E-state index contributed by atoms with van der Waals surface area (Å²) in [4.78, 5) is 11.2. The van der Waals surface area contributed by atoms with E-state index in [4.69, 9.17) is 40.5 Å². The molecule has 1 aromatic carbocycles. The molecule has 0 heterocycles. The second-order valence-electron chi connectivity index (χ2n) is 3.81. The second-order valence-corrected chi connectivity index (χ2v) is 5.03. The van der Waals surface area contributed by atoms with Gasteiger partial charge in [-0.1, -0.05) is 23.2 Å². The van der Waals surface area contributed by atoms with Gasteiger partial charge in [-0.2, -0.15) is 0 Å². The Morgan fingerprint density at radius 1 is 1.37 bits per heavy atom. The third-order valence-electron chi connectivity index (χ3n) is 1.97. The fourth-order valence-electron chi connectivity index (χ4n) is 1.18. The molecule has 1 amide bonds. The van der Waals surface area contributed by atoms with Crippen molar-refractivity contribution < 1.29 is 9.90 Å². The molecule has 8 heteroatoms. The number of amides is 1. The Balaban J connectivity index is 2.43. The van der Waals surface area contributed by atoms with Crippen LogP contribution >= 0.6 is 35.4 Å². The van der Waals surface area contributed by atoms with E-state index in [0.717, 1.165) is 0 Å². The Kier molecular flexibility index (Phi) is 6.30. The monoisotopic (exact) mass is 321 g/mol. The van der Waals surface area contributed by atoms with Gasteiger partial charge in [0.25, 0.3) is 0 Å². The molecule has 0 saturated carbocycles. The molecule has 0 aromatic heterocycles. The summed E-state index contributed by atoms with van der Waals surface area (Å²) in [5, 5.41) is 12.9. The van der Waals surface area contributed by atoms with E-state index in [0.29, 0.717) is 15.7 Å². The van der Waals surface area contributed by atoms with Gasteiger partial charge < -0.3 is 10.4 Å². The average molecular weight is 322 g/mol. The van der Waals surface area contributed by atoms with E-state index in [1.165, 1.54) is 6.92 Å². The Bertz CT molecular complexity index is 483. The van der Waals surface area contributed by atoms with E-state index in [-0.39, 0.29) is 17.4 Å². The molecule has 1 atom stereocenters. The maximum Gasteiger partial charge on any atom is 0.240 e. The van der Waals surface area contributed by atoms with Gasteiger partial charge in [-0.25, -0.2) is 0 Å². The topological polar surface area (TPSA) is 73.4 Å². The second kappa shape index (κ2) is 7.49. The number of halogens is 2. The van der Waals surface area contributed by atoms with E-state index < -0.39 is 6.10 Å². The molecular weight excluding hydrogens is 309 g/mol. The number of carbonyl (C=O) groups excluding carboxylic acids is 1. The molecule has 0 aliphatic carbocycles. The third-order valence-corrected chi connectivity index (χ3v) is 2.92. The summed E-state index contributed by atoms with van der Waals surface area (Å²) >= 11 is 16.6. The zero-order valence-corrected chi connectivity index (χ0v) is 12.4. The van der Waals surface area contributed by atoms with Gasteiger partial charge in [-0.05, 0) is 37.3 Å². The number of benzene rings is 1. The number of hydrazine groups is 1. The quantitative estimate of drug-likeness (QED) is 0.507. The minimum atomic E-state index is -0.710. The van der Waals surface area contributed by atoms with E-state index in [2.05, 4.69) is 16.2 Å². The van der Waals surface area contributed by atoms with Crippen LogP contribution in [0.4, 0.5) is 5.69 Å². The van der Waals surface area contributed by atoms with Crippen molar-refractivity contribution in [3.8, 4) is 0 Å². The summed E-state index contributed by atoms with van der Waals surface area (Å²) in [6, 6.07) is 4.93. The van der Waals surface area contributed by atoms with Gasteiger partial charge in [0, 0.05) is 5.69 Å². The first-order valence-electron chi connectivity index (χ1n) is 5.37. The van der Waals surface area contributed by atoms with Crippen molar-refractivity contribution in [3.63, 3.8) is 0 Å². The lowest BCUT2D eigenvalue weighted by atomic mass is 10.3. The minimum Gasteiger partial charge on any atom is -0.393 e. The maximum atomic E-state index is 11.2. The van der Waals surface area contributed by atoms with Crippen molar-refractivity contribution in [1.82, 2.24) is 10.9 Å². The average Bonchev–Trinajstić information content (AvgIpc) is 2.30. The van der Waals surface area contributed by atoms with E-state index >= 15 is 0 Å². The number of carbonyl (C=O) groups is 1. The molecule has 0 saturated heterocycles. The van der Waals surface area contributed by atoms with Crippen LogP contribution in [0, 0.1) is 0 Å². The van der Waals surface area contributed by atoms with Crippen LogP contribution in [0.15, 0.2) is 18.2 Å². The number of thiocarbonyl (C=S) groups is 1. The van der Waals surface area contributed by atoms with Crippen molar-refractivity contribution >= 4 is 52.1 Å². The van der Waals surface area contributed by atoms with Crippen LogP contribution in [-0.2, 0) is 4.79 Å². The highest BCUT2D eigenvalue weighted by Gasteiger charge is 2.06. The van der Waals surface area contributed by atoms with Gasteiger partial charge in [-0.3, -0.25) is 15.6 Å². The molecule has 0 spiro atoms. The summed E-state index contributed by atoms with van der Waals surface area (Å²) in [6.07, 6.45) is -0.721. The highest BCUT2D eigenvalue weighted by atomic mass is 35.5. The first-order chi connectivity index (χ1) is 8.88. The van der Waals surface area contributed by atoms with Gasteiger partial charge in [0.05, 0.1) is 22.6 Å². The smallest absolute Gasteiger partial charge is 0.240 e. The Morgan fingerprint density at radius 3 is 2.63 bits per heavy atom. The maximum absolute atomic E-state index is 11.2. The van der Waals surface area contributed by atoms with Crippen molar-refractivity contribution in [2.45, 2.75) is 19.4 Å². The van der Waals surface area contributed by atoms with Crippen molar-refractivity contribution in [1.29, 1.82) is 0 Å². The number of nitrogens with one attached hydrogen (secondary N) is 3. The van der Waals surface area contributed by atoms with Crippen molar-refractivity contribution in [2.24, 2.45) is 0 Å². The zero-order valence-electron chi connectivity index (χ0n) is 10.0. The lowest BCUT2D eigenvalue weighted by molar-refractivity contribution is -0.123. The molecule has 0 aliphatic rings. The molecule has 4 N–H and O–H groups in total. The summed E-state index contributed by atoms with van der Waals surface area (Å²) in [5.74, 6) is -0.367. The molecule has 1 unspecified atom stereocenters. The summed E-state index contributed by atoms with van der Waals surface area (Å²) in [6.45, 7) is 1.52. The van der Waals surface area contributed by atoms with Gasteiger partial charge in [0.15, 0.2) is 5.11 Å². The zero-order chi connectivity index (χ0) is 14.4. The van der Waals surface area contributed by atoms with Crippen LogP contribution in [0.25, 0.3) is 0 Å². The molecule has 0 bridgehead atoms. The summed E-state index contributed by atoms with van der Waals surface area (Å²) in [7, 11) is 0. The molecule has 0 radical (unpaired) electrons. The summed E-state index contributed by atoms with van der Waals surface area (Å²) < 4.78 is 0. The molecular formula is C11H13Cl2N3O2S. The van der Waals surface area contributed by atoms with Gasteiger partial charge in [0.1, 0.15) is 0 Å². The van der Waals surface area contributed by atoms with Crippen LogP contribution in [-0.4, -0.2) is 22.2 Å². The normalized spacial score (nSPS) is 11.6. The number of anilines is 1. The first-order valence-corrected chi connectivity index (χ1v) is 6.54. The minimum absolute atomic E-state index is 0.0115. The van der Waals surface area contributed by atoms with E-state index in [1.807, 2.05) is 0 Å². The number of aliphatic hydroxyl groups is 1. The lowest BCUT2D eigenvalue weighted by Gasteiger charge is -2.12. The predicted molar refractivity (Wildman–Crippen MR) is 80.3 cm³/mol. The SMILES string of the molecule is CC(O)CC(=O)NNC(=S)Nc1ccc(Cl)c(Cl)c1. The predicted octanol–water partition coefficient (Wildman–Crippen LogP) is 2.08. The van der Waals surface area contributed by atoms with E-state index in [9.17, 15) is 4.79 Å². The number of aliphatic hydroxyl groups excluding tert-OH is 1. The van der Waals surface area contributed by atoms with Crippen LogP contribution in [0.5, 0.6) is 0 Å². The largest absolute Gasteiger partial charge is 0.393 e. The molecule has 0 aliphatic heterocycles. The van der Waals surface area contributed by atoms with Crippen LogP contribution < -0.4 is 16.2 Å². The molecule has 1 rings (SSSR count). The van der Waals surface area contributed by atoms with Gasteiger partial charge in [-0.15, -0.1) is 0 Å².